The van der Waals surface area contributed by atoms with Crippen LogP contribution in [0.4, 0.5) is 5.69 Å². The molecule has 7 heteroatoms. The Hall–Kier alpha value is -2.64. The van der Waals surface area contributed by atoms with Crippen molar-refractivity contribution in [3.63, 3.8) is 0 Å². The number of ketones is 1. The van der Waals surface area contributed by atoms with E-state index in [1.807, 2.05) is 31.2 Å². The smallest absolute Gasteiger partial charge is 0.238 e. The Bertz CT molecular complexity index is 752. The van der Waals surface area contributed by atoms with E-state index < -0.39 is 0 Å². The monoisotopic (exact) mass is 371 g/mol. The zero-order chi connectivity index (χ0) is 19.1. The van der Waals surface area contributed by atoms with Crippen molar-refractivity contribution in [3.8, 4) is 5.75 Å². The molecule has 1 fully saturated rings. The fourth-order valence-corrected chi connectivity index (χ4v) is 3.07. The minimum Gasteiger partial charge on any atom is -0.492 e. The first-order valence-electron chi connectivity index (χ1n) is 9.19. The third kappa shape index (κ3) is 5.42. The van der Waals surface area contributed by atoms with Crippen molar-refractivity contribution in [2.45, 2.75) is 6.92 Å². The van der Waals surface area contributed by atoms with Gasteiger partial charge in [0.1, 0.15) is 5.75 Å². The van der Waals surface area contributed by atoms with Gasteiger partial charge in [0.2, 0.25) is 11.7 Å². The largest absolute Gasteiger partial charge is 0.492 e. The predicted molar refractivity (Wildman–Crippen MR) is 102 cm³/mol. The van der Waals surface area contributed by atoms with Crippen LogP contribution in [0.3, 0.4) is 0 Å². The van der Waals surface area contributed by atoms with E-state index in [2.05, 4.69) is 15.1 Å². The second-order valence-corrected chi connectivity index (χ2v) is 6.43. The van der Waals surface area contributed by atoms with Gasteiger partial charge in [-0.15, -0.1) is 0 Å². The average Bonchev–Trinajstić information content (AvgIpc) is 3.20. The second kappa shape index (κ2) is 9.34. The number of ether oxygens (including phenoxy) is 1. The van der Waals surface area contributed by atoms with Gasteiger partial charge in [-0.05, 0) is 31.2 Å². The SMILES string of the molecule is CCOc1ccccc1NC(=O)CN1CCN(CC(=O)c2ccco2)CC1. The van der Waals surface area contributed by atoms with E-state index >= 15 is 0 Å². The predicted octanol–water partition coefficient (Wildman–Crippen LogP) is 2.12. The molecule has 0 aliphatic carbocycles. The minimum atomic E-state index is -0.0673. The van der Waals surface area contributed by atoms with Crippen LogP contribution in [0.25, 0.3) is 0 Å². The number of piperazine rings is 1. The van der Waals surface area contributed by atoms with Crippen LogP contribution in [0.2, 0.25) is 0 Å². The van der Waals surface area contributed by atoms with Crippen molar-refractivity contribution in [1.29, 1.82) is 0 Å². The molecule has 1 aromatic carbocycles. The lowest BCUT2D eigenvalue weighted by Gasteiger charge is -2.33. The standard InChI is InChI=1S/C20H25N3O4/c1-2-26-18-7-4-3-6-16(18)21-20(25)15-23-11-9-22(10-12-23)14-17(24)19-8-5-13-27-19/h3-8,13H,2,9-12,14-15H2,1H3,(H,21,25). The number of amides is 1. The number of furan rings is 1. The lowest BCUT2D eigenvalue weighted by Crippen LogP contribution is -2.49. The normalized spacial score (nSPS) is 15.4. The number of hydrogen-bond acceptors (Lipinski definition) is 6. The summed E-state index contributed by atoms with van der Waals surface area (Å²) in [5.41, 5.74) is 0.687. The maximum Gasteiger partial charge on any atom is 0.238 e. The van der Waals surface area contributed by atoms with E-state index in [0.717, 1.165) is 26.2 Å². The number of benzene rings is 1. The second-order valence-electron chi connectivity index (χ2n) is 6.43. The number of nitrogens with one attached hydrogen (secondary N) is 1. The Morgan fingerprint density at radius 1 is 1.04 bits per heavy atom. The Morgan fingerprint density at radius 2 is 1.74 bits per heavy atom. The summed E-state index contributed by atoms with van der Waals surface area (Å²) in [6.07, 6.45) is 1.51. The van der Waals surface area contributed by atoms with Crippen LogP contribution in [-0.4, -0.2) is 67.4 Å². The summed E-state index contributed by atoms with van der Waals surface area (Å²) < 4.78 is 10.7. The maximum atomic E-state index is 12.4. The number of rotatable bonds is 8. The number of hydrogen-bond donors (Lipinski definition) is 1. The van der Waals surface area contributed by atoms with E-state index in [4.69, 9.17) is 9.15 Å². The summed E-state index contributed by atoms with van der Waals surface area (Å²) in [7, 11) is 0. The molecule has 27 heavy (non-hydrogen) atoms. The van der Waals surface area contributed by atoms with Gasteiger partial charge in [-0.1, -0.05) is 12.1 Å². The van der Waals surface area contributed by atoms with Crippen molar-refractivity contribution < 1.29 is 18.7 Å². The van der Waals surface area contributed by atoms with Gasteiger partial charge in [-0.2, -0.15) is 0 Å². The van der Waals surface area contributed by atoms with Crippen molar-refractivity contribution in [1.82, 2.24) is 9.80 Å². The molecule has 0 bridgehead atoms. The van der Waals surface area contributed by atoms with Gasteiger partial charge in [0.05, 0.1) is 31.6 Å². The Morgan fingerprint density at radius 3 is 2.41 bits per heavy atom. The van der Waals surface area contributed by atoms with Crippen LogP contribution >= 0.6 is 0 Å². The van der Waals surface area contributed by atoms with Crippen LogP contribution in [0.5, 0.6) is 5.75 Å². The van der Waals surface area contributed by atoms with E-state index in [-0.39, 0.29) is 11.7 Å². The molecule has 2 aromatic rings. The van der Waals surface area contributed by atoms with Gasteiger partial charge in [-0.3, -0.25) is 19.4 Å². The first-order valence-corrected chi connectivity index (χ1v) is 9.19. The molecule has 0 spiro atoms. The first kappa shape index (κ1) is 19.1. The molecular weight excluding hydrogens is 346 g/mol. The number of carbonyl (C=O) groups is 2. The molecule has 3 rings (SSSR count). The lowest BCUT2D eigenvalue weighted by atomic mass is 10.2. The highest BCUT2D eigenvalue weighted by molar-refractivity contribution is 5.95. The topological polar surface area (TPSA) is 75.0 Å². The number of carbonyl (C=O) groups excluding carboxylic acids is 2. The van der Waals surface area contributed by atoms with Gasteiger partial charge in [-0.25, -0.2) is 0 Å². The van der Waals surface area contributed by atoms with Crippen LogP contribution in [0.1, 0.15) is 17.5 Å². The van der Waals surface area contributed by atoms with Crippen LogP contribution in [-0.2, 0) is 4.79 Å². The molecule has 7 nitrogen and oxygen atoms in total. The lowest BCUT2D eigenvalue weighted by molar-refractivity contribution is -0.117. The van der Waals surface area contributed by atoms with Crippen molar-refractivity contribution in [2.75, 3.05) is 51.2 Å². The minimum absolute atomic E-state index is 0.0151. The number of anilines is 1. The summed E-state index contributed by atoms with van der Waals surface area (Å²) in [5.74, 6) is 0.986. The van der Waals surface area contributed by atoms with E-state index in [1.165, 1.54) is 6.26 Å². The highest BCUT2D eigenvalue weighted by Gasteiger charge is 2.22. The van der Waals surface area contributed by atoms with Gasteiger partial charge in [0.15, 0.2) is 5.76 Å². The van der Waals surface area contributed by atoms with Crippen molar-refractivity contribution in [2.24, 2.45) is 0 Å². The molecule has 0 saturated carbocycles. The van der Waals surface area contributed by atoms with Crippen LogP contribution < -0.4 is 10.1 Å². The Balaban J connectivity index is 1.44. The summed E-state index contributed by atoms with van der Waals surface area (Å²) >= 11 is 0. The molecule has 0 atom stereocenters. The summed E-state index contributed by atoms with van der Waals surface area (Å²) in [6, 6.07) is 10.8. The third-order valence-electron chi connectivity index (χ3n) is 4.46. The molecule has 1 saturated heterocycles. The summed E-state index contributed by atoms with van der Waals surface area (Å²) in [6.45, 7) is 6.10. The molecule has 0 unspecified atom stereocenters. The molecule has 0 radical (unpaired) electrons. The van der Waals surface area contributed by atoms with Crippen molar-refractivity contribution in [3.05, 3.63) is 48.4 Å². The molecule has 1 aliphatic rings. The summed E-state index contributed by atoms with van der Waals surface area (Å²) in [4.78, 5) is 28.6. The Kier molecular flexibility index (Phi) is 6.62. The number of nitrogens with zero attached hydrogens (tertiary/aromatic N) is 2. The highest BCUT2D eigenvalue weighted by atomic mass is 16.5. The van der Waals surface area contributed by atoms with Crippen LogP contribution in [0.15, 0.2) is 47.1 Å². The number of para-hydroxylation sites is 2. The average molecular weight is 371 g/mol. The third-order valence-corrected chi connectivity index (χ3v) is 4.46. The van der Waals surface area contributed by atoms with E-state index in [9.17, 15) is 9.59 Å². The van der Waals surface area contributed by atoms with Gasteiger partial charge < -0.3 is 14.5 Å². The molecule has 1 amide bonds. The quantitative estimate of drug-likeness (QED) is 0.717. The Labute approximate surface area is 158 Å². The van der Waals surface area contributed by atoms with Crippen LogP contribution in [0, 0.1) is 0 Å². The fraction of sp³-hybridized carbons (Fsp3) is 0.400. The molecule has 1 N–H and O–H groups in total. The van der Waals surface area contributed by atoms with Gasteiger partial charge >= 0.3 is 0 Å². The number of Topliss-reactive ketones (excluding diaryl/α,β-unsaturated/α-hetero) is 1. The molecule has 1 aromatic heterocycles. The first-order chi connectivity index (χ1) is 13.2. The van der Waals surface area contributed by atoms with Crippen molar-refractivity contribution >= 4 is 17.4 Å². The zero-order valence-corrected chi connectivity index (χ0v) is 15.5. The van der Waals surface area contributed by atoms with E-state index in [0.29, 0.717) is 36.9 Å². The van der Waals surface area contributed by atoms with E-state index in [1.54, 1.807) is 12.1 Å². The molecule has 1 aliphatic heterocycles. The molecule has 144 valence electrons. The zero-order valence-electron chi connectivity index (χ0n) is 15.5. The highest BCUT2D eigenvalue weighted by Crippen LogP contribution is 2.23. The fourth-order valence-electron chi connectivity index (χ4n) is 3.07. The van der Waals surface area contributed by atoms with Gasteiger partial charge in [0, 0.05) is 26.2 Å². The molecule has 2 heterocycles. The maximum absolute atomic E-state index is 12.4. The van der Waals surface area contributed by atoms with Gasteiger partial charge in [0.25, 0.3) is 0 Å². The summed E-state index contributed by atoms with van der Waals surface area (Å²) in [5, 5.41) is 2.92. The molecular formula is C20H25N3O4.